The quantitative estimate of drug-likeness (QED) is 0.517. The van der Waals surface area contributed by atoms with Crippen LogP contribution in [0.5, 0.6) is 0 Å². The Morgan fingerprint density at radius 1 is 1.12 bits per heavy atom. The fourth-order valence-electron chi connectivity index (χ4n) is 2.24. The van der Waals surface area contributed by atoms with E-state index in [1.807, 2.05) is 0 Å². The van der Waals surface area contributed by atoms with Gasteiger partial charge in [-0.2, -0.15) is 0 Å². The smallest absolute Gasteiger partial charge is 0.303 e. The molecule has 25 heavy (non-hydrogen) atoms. The summed E-state index contributed by atoms with van der Waals surface area (Å²) in [5.41, 5.74) is 0.289. The molecular weight excluding hydrogens is 344 g/mol. The molecule has 140 valence electrons. The van der Waals surface area contributed by atoms with Gasteiger partial charge in [-0.25, -0.2) is 13.1 Å². The fourth-order valence-corrected chi connectivity index (χ4v) is 3.54. The summed E-state index contributed by atoms with van der Waals surface area (Å²) in [4.78, 5) is 22.6. The lowest BCUT2D eigenvalue weighted by Crippen LogP contribution is -2.30. The van der Waals surface area contributed by atoms with E-state index in [1.54, 1.807) is 19.9 Å². The number of carbonyl (C=O) groups excluding carboxylic acids is 1. The second-order valence-corrected chi connectivity index (χ2v) is 7.83. The number of hydrogen-bond donors (Lipinski definition) is 3. The van der Waals surface area contributed by atoms with E-state index < -0.39 is 16.0 Å². The molecule has 0 radical (unpaired) electrons. The summed E-state index contributed by atoms with van der Waals surface area (Å²) >= 11 is 0. The lowest BCUT2D eigenvalue weighted by molar-refractivity contribution is -0.137. The molecule has 1 aromatic carbocycles. The van der Waals surface area contributed by atoms with Gasteiger partial charge in [-0.05, 0) is 44.9 Å². The molecule has 0 saturated heterocycles. The third kappa shape index (κ3) is 8.13. The molecule has 0 fully saturated rings. The lowest BCUT2D eigenvalue weighted by atomic mass is 10.1. The molecule has 0 unspecified atom stereocenters. The van der Waals surface area contributed by atoms with Gasteiger partial charge in [0.2, 0.25) is 10.0 Å². The first-order chi connectivity index (χ1) is 11.7. The number of carboxylic acid groups (broad SMARTS) is 1. The maximum absolute atomic E-state index is 12.1. The van der Waals surface area contributed by atoms with E-state index in [9.17, 15) is 18.0 Å². The van der Waals surface area contributed by atoms with Gasteiger partial charge < -0.3 is 10.4 Å². The number of nitrogens with one attached hydrogen (secondary N) is 2. The Labute approximate surface area is 148 Å². The van der Waals surface area contributed by atoms with Crippen molar-refractivity contribution in [2.75, 3.05) is 6.54 Å². The summed E-state index contributed by atoms with van der Waals surface area (Å²) < 4.78 is 26.8. The van der Waals surface area contributed by atoms with Crippen LogP contribution in [0, 0.1) is 0 Å². The molecule has 1 rings (SSSR count). The molecule has 1 aromatic rings. The Hall–Kier alpha value is -1.93. The topological polar surface area (TPSA) is 113 Å². The van der Waals surface area contributed by atoms with Crippen molar-refractivity contribution in [3.05, 3.63) is 29.8 Å². The van der Waals surface area contributed by atoms with E-state index in [1.165, 1.54) is 18.2 Å². The van der Waals surface area contributed by atoms with E-state index in [0.717, 1.165) is 19.3 Å². The predicted molar refractivity (Wildman–Crippen MR) is 95.0 cm³/mol. The maximum Gasteiger partial charge on any atom is 0.303 e. The average molecular weight is 370 g/mol. The Morgan fingerprint density at radius 2 is 1.80 bits per heavy atom. The lowest BCUT2D eigenvalue weighted by Gasteiger charge is -2.11. The van der Waals surface area contributed by atoms with Crippen LogP contribution in [0.4, 0.5) is 0 Å². The Balaban J connectivity index is 2.49. The molecule has 0 aliphatic carbocycles. The van der Waals surface area contributed by atoms with Crippen molar-refractivity contribution in [2.45, 2.75) is 56.9 Å². The van der Waals surface area contributed by atoms with Crippen LogP contribution in [-0.2, 0) is 14.8 Å². The largest absolute Gasteiger partial charge is 0.481 e. The van der Waals surface area contributed by atoms with E-state index in [2.05, 4.69) is 10.0 Å². The first-order valence-electron chi connectivity index (χ1n) is 8.35. The number of sulfonamides is 1. The molecule has 8 heteroatoms. The molecule has 1 amide bonds. The molecule has 0 aliphatic heterocycles. The van der Waals surface area contributed by atoms with Crippen LogP contribution in [0.2, 0.25) is 0 Å². The molecule has 0 saturated carbocycles. The van der Waals surface area contributed by atoms with Crippen molar-refractivity contribution in [3.63, 3.8) is 0 Å². The minimum atomic E-state index is -3.64. The number of carbonyl (C=O) groups is 2. The molecule has 0 aromatic heterocycles. The molecule has 0 bridgehead atoms. The summed E-state index contributed by atoms with van der Waals surface area (Å²) in [6, 6.07) is 5.67. The van der Waals surface area contributed by atoms with Crippen molar-refractivity contribution in [2.24, 2.45) is 0 Å². The second kappa shape index (κ2) is 10.1. The van der Waals surface area contributed by atoms with Gasteiger partial charge in [-0.15, -0.1) is 0 Å². The SMILES string of the molecule is CC(C)NS(=O)(=O)c1cccc(C(=O)NCCCCCCC(=O)O)c1. The predicted octanol–water partition coefficient (Wildman–Crippen LogP) is 2.14. The van der Waals surface area contributed by atoms with Crippen molar-refractivity contribution in [1.82, 2.24) is 10.0 Å². The maximum atomic E-state index is 12.1. The van der Waals surface area contributed by atoms with E-state index in [0.29, 0.717) is 13.0 Å². The first-order valence-corrected chi connectivity index (χ1v) is 9.83. The van der Waals surface area contributed by atoms with Crippen LogP contribution < -0.4 is 10.0 Å². The molecule has 7 nitrogen and oxygen atoms in total. The van der Waals surface area contributed by atoms with E-state index in [-0.39, 0.29) is 28.8 Å². The van der Waals surface area contributed by atoms with Gasteiger partial charge in [0.15, 0.2) is 0 Å². The summed E-state index contributed by atoms with van der Waals surface area (Å²) in [6.07, 6.45) is 3.18. The number of rotatable bonds is 11. The van der Waals surface area contributed by atoms with Gasteiger partial charge in [0.25, 0.3) is 5.91 Å². The van der Waals surface area contributed by atoms with Crippen LogP contribution in [0.3, 0.4) is 0 Å². The Kier molecular flexibility index (Phi) is 8.57. The van der Waals surface area contributed by atoms with Gasteiger partial charge in [-0.1, -0.05) is 18.9 Å². The Morgan fingerprint density at radius 3 is 2.44 bits per heavy atom. The highest BCUT2D eigenvalue weighted by atomic mass is 32.2. The van der Waals surface area contributed by atoms with E-state index >= 15 is 0 Å². The van der Waals surface area contributed by atoms with Crippen LogP contribution in [0.25, 0.3) is 0 Å². The Bertz CT molecular complexity index is 686. The zero-order valence-corrected chi connectivity index (χ0v) is 15.4. The van der Waals surface area contributed by atoms with Crippen LogP contribution in [0.1, 0.15) is 56.3 Å². The fraction of sp³-hybridized carbons (Fsp3) is 0.529. The standard InChI is InChI=1S/C17H26N2O5S/c1-13(2)19-25(23,24)15-9-7-8-14(12-15)17(22)18-11-6-4-3-5-10-16(20)21/h7-9,12-13,19H,3-6,10-11H2,1-2H3,(H,18,22)(H,20,21). The summed E-state index contributed by atoms with van der Waals surface area (Å²) in [5.74, 6) is -1.12. The summed E-state index contributed by atoms with van der Waals surface area (Å²) in [5, 5.41) is 11.3. The van der Waals surface area contributed by atoms with Gasteiger partial charge >= 0.3 is 5.97 Å². The molecule has 3 N–H and O–H groups in total. The normalized spacial score (nSPS) is 11.5. The number of unbranched alkanes of at least 4 members (excludes halogenated alkanes) is 3. The zero-order valence-electron chi connectivity index (χ0n) is 14.6. The molecule has 0 heterocycles. The number of carboxylic acids is 1. The highest BCUT2D eigenvalue weighted by Crippen LogP contribution is 2.12. The number of amides is 1. The molecule has 0 spiro atoms. The van der Waals surface area contributed by atoms with Crippen molar-refractivity contribution in [3.8, 4) is 0 Å². The van der Waals surface area contributed by atoms with Crippen molar-refractivity contribution >= 4 is 21.9 Å². The summed E-state index contributed by atoms with van der Waals surface area (Å²) in [7, 11) is -3.64. The van der Waals surface area contributed by atoms with Crippen LogP contribution in [0.15, 0.2) is 29.2 Å². The van der Waals surface area contributed by atoms with Gasteiger partial charge in [0.1, 0.15) is 0 Å². The van der Waals surface area contributed by atoms with Gasteiger partial charge in [-0.3, -0.25) is 9.59 Å². The highest BCUT2D eigenvalue weighted by molar-refractivity contribution is 7.89. The van der Waals surface area contributed by atoms with Gasteiger partial charge in [0, 0.05) is 24.6 Å². The number of aliphatic carboxylic acids is 1. The number of benzene rings is 1. The summed E-state index contributed by atoms with van der Waals surface area (Å²) in [6.45, 7) is 3.92. The molecule has 0 atom stereocenters. The first kappa shape index (κ1) is 21.1. The third-order valence-corrected chi connectivity index (χ3v) is 5.06. The van der Waals surface area contributed by atoms with E-state index in [4.69, 9.17) is 5.11 Å². The van der Waals surface area contributed by atoms with Gasteiger partial charge in [0.05, 0.1) is 4.90 Å². The van der Waals surface area contributed by atoms with Crippen molar-refractivity contribution < 1.29 is 23.1 Å². The molecule has 0 aliphatic rings. The van der Waals surface area contributed by atoms with Crippen molar-refractivity contribution in [1.29, 1.82) is 0 Å². The zero-order chi connectivity index (χ0) is 18.9. The highest BCUT2D eigenvalue weighted by Gasteiger charge is 2.17. The average Bonchev–Trinajstić information content (AvgIpc) is 2.52. The van der Waals surface area contributed by atoms with Crippen LogP contribution >= 0.6 is 0 Å². The minimum Gasteiger partial charge on any atom is -0.481 e. The minimum absolute atomic E-state index is 0.0579. The second-order valence-electron chi connectivity index (χ2n) is 6.12. The third-order valence-electron chi connectivity index (χ3n) is 3.40. The van der Waals surface area contributed by atoms with Crippen LogP contribution in [-0.4, -0.2) is 38.0 Å². The molecular formula is C17H26N2O5S. The number of hydrogen-bond acceptors (Lipinski definition) is 4. The monoisotopic (exact) mass is 370 g/mol.